The summed E-state index contributed by atoms with van der Waals surface area (Å²) in [5.41, 5.74) is -0.628. The van der Waals surface area contributed by atoms with Crippen LogP contribution in [0.3, 0.4) is 0 Å². The second-order valence-electron chi connectivity index (χ2n) is 6.06. The Morgan fingerprint density at radius 2 is 1.29 bits per heavy atom. The summed E-state index contributed by atoms with van der Waals surface area (Å²) in [5, 5.41) is 9.50. The third kappa shape index (κ3) is 4.98. The van der Waals surface area contributed by atoms with E-state index in [4.69, 9.17) is 9.47 Å². The lowest BCUT2D eigenvalue weighted by molar-refractivity contribution is 0.0954. The highest BCUT2D eigenvalue weighted by Crippen LogP contribution is 2.35. The quantitative estimate of drug-likeness (QED) is 0.852. The van der Waals surface area contributed by atoms with E-state index in [1.54, 1.807) is 18.2 Å². The Hall–Kier alpha value is -1.38. The lowest BCUT2D eigenvalue weighted by Crippen LogP contribution is -2.26. The van der Waals surface area contributed by atoms with E-state index in [9.17, 15) is 5.11 Å². The number of benzene rings is 1. The van der Waals surface area contributed by atoms with Gasteiger partial charge in [-0.15, -0.1) is 0 Å². The van der Waals surface area contributed by atoms with Gasteiger partial charge >= 0.3 is 0 Å². The van der Waals surface area contributed by atoms with Crippen molar-refractivity contribution in [2.45, 2.75) is 52.7 Å². The van der Waals surface area contributed by atoms with Gasteiger partial charge in [0.1, 0.15) is 17.0 Å². The molecule has 0 spiro atoms. The number of ether oxygens (including phenoxy) is 2. The summed E-state index contributed by atoms with van der Waals surface area (Å²) in [6.45, 7) is 11.8. The van der Waals surface area contributed by atoms with Crippen molar-refractivity contribution in [1.29, 1.82) is 0 Å². The van der Waals surface area contributed by atoms with E-state index < -0.39 is 0 Å². The van der Waals surface area contributed by atoms with Crippen molar-refractivity contribution in [2.24, 2.45) is 0 Å². The topological polar surface area (TPSA) is 38.7 Å². The smallest absolute Gasteiger partial charge is 0.165 e. The van der Waals surface area contributed by atoms with Crippen LogP contribution >= 0.6 is 0 Å². The van der Waals surface area contributed by atoms with E-state index in [0.29, 0.717) is 11.5 Å². The predicted molar refractivity (Wildman–Crippen MR) is 68.9 cm³/mol. The molecule has 1 aromatic rings. The molecule has 0 amide bonds. The molecule has 1 N–H and O–H groups in total. The lowest BCUT2D eigenvalue weighted by atomic mass is 10.1. The van der Waals surface area contributed by atoms with Crippen molar-refractivity contribution in [1.82, 2.24) is 0 Å². The Morgan fingerprint density at radius 3 is 1.76 bits per heavy atom. The summed E-state index contributed by atoms with van der Waals surface area (Å²) in [5.74, 6) is 1.38. The number of phenols is 1. The molecule has 0 saturated carbocycles. The Bertz CT molecular complexity index is 383. The molecule has 0 aliphatic heterocycles. The van der Waals surface area contributed by atoms with Crippen LogP contribution in [0.15, 0.2) is 18.2 Å². The fraction of sp³-hybridized carbons (Fsp3) is 0.571. The van der Waals surface area contributed by atoms with E-state index in [1.165, 1.54) is 0 Å². The maximum absolute atomic E-state index is 9.50. The highest BCUT2D eigenvalue weighted by Gasteiger charge is 2.19. The van der Waals surface area contributed by atoms with Gasteiger partial charge in [-0.05, 0) is 53.7 Å². The van der Waals surface area contributed by atoms with Crippen molar-refractivity contribution in [3.8, 4) is 17.2 Å². The van der Waals surface area contributed by atoms with Gasteiger partial charge in [-0.1, -0.05) is 0 Å². The number of phenolic OH excluding ortho intramolecular Hbond substituents is 1. The van der Waals surface area contributed by atoms with Crippen molar-refractivity contribution in [3.05, 3.63) is 18.2 Å². The molecule has 0 heterocycles. The number of hydrogen-bond donors (Lipinski definition) is 1. The minimum absolute atomic E-state index is 0.172. The van der Waals surface area contributed by atoms with Crippen LogP contribution < -0.4 is 9.47 Å². The summed E-state index contributed by atoms with van der Waals surface area (Å²) < 4.78 is 11.6. The molecular weight excluding hydrogens is 216 g/mol. The highest BCUT2D eigenvalue weighted by atomic mass is 16.5. The first-order valence-electron chi connectivity index (χ1n) is 5.78. The van der Waals surface area contributed by atoms with Crippen LogP contribution in [0.25, 0.3) is 0 Å². The van der Waals surface area contributed by atoms with Gasteiger partial charge < -0.3 is 14.6 Å². The average molecular weight is 238 g/mol. The zero-order valence-electron chi connectivity index (χ0n) is 11.5. The lowest BCUT2D eigenvalue weighted by Gasteiger charge is -2.27. The third-order valence-electron chi connectivity index (χ3n) is 1.76. The van der Waals surface area contributed by atoms with Gasteiger partial charge in [0.2, 0.25) is 0 Å². The van der Waals surface area contributed by atoms with E-state index in [1.807, 2.05) is 41.5 Å². The SMILES string of the molecule is CC(C)(C)Oc1ccc(O)cc1OC(C)(C)C. The van der Waals surface area contributed by atoms with Gasteiger partial charge in [0, 0.05) is 6.07 Å². The highest BCUT2D eigenvalue weighted by molar-refractivity contribution is 5.45. The molecule has 0 unspecified atom stereocenters. The molecule has 3 heteroatoms. The van der Waals surface area contributed by atoms with Gasteiger partial charge in [0.25, 0.3) is 0 Å². The molecule has 0 saturated heterocycles. The van der Waals surface area contributed by atoms with Crippen LogP contribution in [0.2, 0.25) is 0 Å². The van der Waals surface area contributed by atoms with Crippen LogP contribution in [-0.2, 0) is 0 Å². The molecule has 17 heavy (non-hydrogen) atoms. The molecule has 1 aromatic carbocycles. The van der Waals surface area contributed by atoms with E-state index in [-0.39, 0.29) is 17.0 Å². The first-order valence-corrected chi connectivity index (χ1v) is 5.78. The number of aromatic hydroxyl groups is 1. The predicted octanol–water partition coefficient (Wildman–Crippen LogP) is 3.75. The normalized spacial score (nSPS) is 12.4. The first kappa shape index (κ1) is 13.7. The van der Waals surface area contributed by atoms with Gasteiger partial charge in [-0.3, -0.25) is 0 Å². The standard InChI is InChI=1S/C14H22O3/c1-13(2,3)16-11-8-7-10(15)9-12(11)17-14(4,5)6/h7-9,15H,1-6H3. The average Bonchev–Trinajstić information content (AvgIpc) is 2.05. The van der Waals surface area contributed by atoms with Crippen LogP contribution in [0, 0.1) is 0 Å². The molecule has 0 radical (unpaired) electrons. The summed E-state index contributed by atoms with van der Waals surface area (Å²) in [6, 6.07) is 4.89. The monoisotopic (exact) mass is 238 g/mol. The molecule has 96 valence electrons. The molecule has 3 nitrogen and oxygen atoms in total. The summed E-state index contributed by atoms with van der Waals surface area (Å²) in [6.07, 6.45) is 0. The maximum Gasteiger partial charge on any atom is 0.165 e. The maximum atomic E-state index is 9.50. The Kier molecular flexibility index (Phi) is 3.60. The minimum atomic E-state index is -0.330. The Labute approximate surface area is 103 Å². The van der Waals surface area contributed by atoms with Crippen molar-refractivity contribution >= 4 is 0 Å². The Morgan fingerprint density at radius 1 is 0.824 bits per heavy atom. The minimum Gasteiger partial charge on any atom is -0.508 e. The first-order chi connectivity index (χ1) is 7.57. The molecule has 0 bridgehead atoms. The molecular formula is C14H22O3. The molecule has 0 aliphatic carbocycles. The van der Waals surface area contributed by atoms with Crippen LogP contribution in [0.1, 0.15) is 41.5 Å². The molecule has 0 fully saturated rings. The number of hydrogen-bond acceptors (Lipinski definition) is 3. The summed E-state index contributed by atoms with van der Waals surface area (Å²) in [7, 11) is 0. The van der Waals surface area contributed by atoms with E-state index in [2.05, 4.69) is 0 Å². The molecule has 0 aliphatic rings. The van der Waals surface area contributed by atoms with Crippen molar-refractivity contribution in [3.63, 3.8) is 0 Å². The van der Waals surface area contributed by atoms with E-state index >= 15 is 0 Å². The van der Waals surface area contributed by atoms with Gasteiger partial charge in [0.15, 0.2) is 11.5 Å². The summed E-state index contributed by atoms with van der Waals surface area (Å²) >= 11 is 0. The van der Waals surface area contributed by atoms with E-state index in [0.717, 1.165) is 0 Å². The Balaban J connectivity index is 3.04. The zero-order valence-corrected chi connectivity index (χ0v) is 11.5. The fourth-order valence-corrected chi connectivity index (χ4v) is 1.32. The van der Waals surface area contributed by atoms with Crippen LogP contribution in [-0.4, -0.2) is 16.3 Å². The summed E-state index contributed by atoms with van der Waals surface area (Å²) in [4.78, 5) is 0. The van der Waals surface area contributed by atoms with Crippen LogP contribution in [0.4, 0.5) is 0 Å². The molecule has 0 aromatic heterocycles. The van der Waals surface area contributed by atoms with Crippen molar-refractivity contribution < 1.29 is 14.6 Å². The second-order valence-corrected chi connectivity index (χ2v) is 6.06. The zero-order chi connectivity index (χ0) is 13.3. The third-order valence-corrected chi connectivity index (χ3v) is 1.76. The van der Waals surface area contributed by atoms with Crippen molar-refractivity contribution in [2.75, 3.05) is 0 Å². The molecule has 0 atom stereocenters. The molecule has 1 rings (SSSR count). The largest absolute Gasteiger partial charge is 0.508 e. The van der Waals surface area contributed by atoms with Gasteiger partial charge in [-0.2, -0.15) is 0 Å². The second kappa shape index (κ2) is 4.47. The van der Waals surface area contributed by atoms with Gasteiger partial charge in [-0.25, -0.2) is 0 Å². The fourth-order valence-electron chi connectivity index (χ4n) is 1.32. The van der Waals surface area contributed by atoms with Crippen LogP contribution in [0.5, 0.6) is 17.2 Å². The van der Waals surface area contributed by atoms with Gasteiger partial charge in [0.05, 0.1) is 0 Å². The number of rotatable bonds is 2.